The third kappa shape index (κ3) is 4.15. The van der Waals surface area contributed by atoms with Gasteiger partial charge in [-0.15, -0.1) is 0 Å². The molecule has 0 spiro atoms. The van der Waals surface area contributed by atoms with E-state index in [9.17, 15) is 9.59 Å². The number of rotatable bonds is 5. The monoisotopic (exact) mass is 407 g/mol. The number of nitrogens with one attached hydrogen (secondary N) is 1. The number of likely N-dealkylation sites (tertiary alicyclic amines) is 1. The highest BCUT2D eigenvalue weighted by Crippen LogP contribution is 2.33. The summed E-state index contributed by atoms with van der Waals surface area (Å²) in [6.07, 6.45) is 3.80. The first kappa shape index (κ1) is 20.3. The summed E-state index contributed by atoms with van der Waals surface area (Å²) in [5, 5.41) is 3.20. The van der Waals surface area contributed by atoms with Crippen molar-refractivity contribution in [2.75, 3.05) is 25.5 Å². The fourth-order valence-corrected chi connectivity index (χ4v) is 4.45. The van der Waals surface area contributed by atoms with E-state index in [0.29, 0.717) is 25.3 Å². The van der Waals surface area contributed by atoms with Gasteiger partial charge in [-0.25, -0.2) is 9.97 Å². The largest absolute Gasteiger partial charge is 0.373 e. The molecule has 0 unspecified atom stereocenters. The van der Waals surface area contributed by atoms with Crippen LogP contribution in [0.1, 0.15) is 54.9 Å². The number of hydrogen-bond acceptors (Lipinski definition) is 5. The zero-order valence-corrected chi connectivity index (χ0v) is 17.7. The summed E-state index contributed by atoms with van der Waals surface area (Å²) in [4.78, 5) is 38.2. The average Bonchev–Trinajstić information content (AvgIpc) is 3.27. The third-order valence-electron chi connectivity index (χ3n) is 6.11. The normalized spacial score (nSPS) is 18.3. The minimum atomic E-state index is -0.0987. The van der Waals surface area contributed by atoms with Crippen molar-refractivity contribution in [3.63, 3.8) is 0 Å². The molecule has 0 radical (unpaired) electrons. The molecule has 1 atom stereocenters. The van der Waals surface area contributed by atoms with Crippen molar-refractivity contribution in [3.8, 4) is 0 Å². The van der Waals surface area contributed by atoms with Crippen molar-refractivity contribution < 1.29 is 9.59 Å². The molecule has 30 heavy (non-hydrogen) atoms. The second-order valence-electron chi connectivity index (χ2n) is 8.03. The highest BCUT2D eigenvalue weighted by atomic mass is 16.2. The topological polar surface area (TPSA) is 78.4 Å². The van der Waals surface area contributed by atoms with Gasteiger partial charge in [0.05, 0.1) is 18.3 Å². The Morgan fingerprint density at radius 1 is 1.17 bits per heavy atom. The van der Waals surface area contributed by atoms with E-state index in [1.54, 1.807) is 6.92 Å². The zero-order chi connectivity index (χ0) is 21.1. The van der Waals surface area contributed by atoms with Gasteiger partial charge in [-0.3, -0.25) is 9.59 Å². The summed E-state index contributed by atoms with van der Waals surface area (Å²) in [7, 11) is 1.86. The molecule has 7 heteroatoms. The molecule has 1 N–H and O–H groups in total. The van der Waals surface area contributed by atoms with Crippen LogP contribution in [0.5, 0.6) is 0 Å². The molecule has 2 aliphatic rings. The van der Waals surface area contributed by atoms with Crippen LogP contribution in [0.4, 0.5) is 5.82 Å². The molecule has 2 aromatic rings. The van der Waals surface area contributed by atoms with Crippen molar-refractivity contribution in [1.82, 2.24) is 19.8 Å². The number of aromatic nitrogens is 2. The summed E-state index contributed by atoms with van der Waals surface area (Å²) in [5.74, 6) is 1.72. The number of amides is 2. The van der Waals surface area contributed by atoms with Gasteiger partial charge in [0, 0.05) is 39.0 Å². The maximum atomic E-state index is 13.0. The quantitative estimate of drug-likeness (QED) is 0.825. The van der Waals surface area contributed by atoms with Gasteiger partial charge in [-0.1, -0.05) is 30.3 Å². The fraction of sp³-hybridized carbons (Fsp3) is 0.478. The van der Waals surface area contributed by atoms with Gasteiger partial charge in [0.1, 0.15) is 5.82 Å². The molecule has 0 bridgehead atoms. The lowest BCUT2D eigenvalue weighted by Gasteiger charge is -2.30. The summed E-state index contributed by atoms with van der Waals surface area (Å²) in [6, 6.07) is 10.0. The zero-order valence-electron chi connectivity index (χ0n) is 17.7. The maximum absolute atomic E-state index is 13.0. The van der Waals surface area contributed by atoms with Crippen molar-refractivity contribution in [2.45, 2.75) is 51.6 Å². The Hall–Kier alpha value is -2.96. The van der Waals surface area contributed by atoms with Gasteiger partial charge in [0.15, 0.2) is 5.82 Å². The van der Waals surface area contributed by atoms with Crippen molar-refractivity contribution in [1.29, 1.82) is 0 Å². The smallest absolute Gasteiger partial charge is 0.223 e. The molecule has 158 valence electrons. The van der Waals surface area contributed by atoms with E-state index in [-0.39, 0.29) is 17.9 Å². The van der Waals surface area contributed by atoms with Crippen LogP contribution in [0.15, 0.2) is 30.3 Å². The molecule has 0 aliphatic carbocycles. The highest BCUT2D eigenvalue weighted by molar-refractivity contribution is 5.77. The average molecular weight is 408 g/mol. The molecule has 1 fully saturated rings. The molecule has 1 saturated heterocycles. The lowest BCUT2D eigenvalue weighted by Crippen LogP contribution is -2.36. The SMILES string of the molecule is CNc1nc([C@@H]2CCCN2C(=O)CCc2ccccc2)nc2c1CCN(C(C)=O)C2. The van der Waals surface area contributed by atoms with Gasteiger partial charge in [0.2, 0.25) is 11.8 Å². The number of hydrogen-bond donors (Lipinski definition) is 1. The van der Waals surface area contributed by atoms with Crippen molar-refractivity contribution in [2.24, 2.45) is 0 Å². The molecule has 3 heterocycles. The second kappa shape index (κ2) is 8.81. The van der Waals surface area contributed by atoms with E-state index < -0.39 is 0 Å². The van der Waals surface area contributed by atoms with Gasteiger partial charge < -0.3 is 15.1 Å². The first-order chi connectivity index (χ1) is 14.6. The first-order valence-electron chi connectivity index (χ1n) is 10.7. The third-order valence-corrected chi connectivity index (χ3v) is 6.11. The van der Waals surface area contributed by atoms with Crippen molar-refractivity contribution >= 4 is 17.6 Å². The number of fused-ring (bicyclic) bond motifs is 1. The first-order valence-corrected chi connectivity index (χ1v) is 10.7. The lowest BCUT2D eigenvalue weighted by molar-refractivity contribution is -0.132. The van der Waals surface area contributed by atoms with Crippen LogP contribution in [0.3, 0.4) is 0 Å². The number of benzene rings is 1. The van der Waals surface area contributed by atoms with Gasteiger partial charge in [-0.2, -0.15) is 0 Å². The molecule has 0 saturated carbocycles. The minimum absolute atomic E-state index is 0.0606. The molecular formula is C23H29N5O2. The maximum Gasteiger partial charge on any atom is 0.223 e. The second-order valence-corrected chi connectivity index (χ2v) is 8.03. The van der Waals surface area contributed by atoms with E-state index in [4.69, 9.17) is 9.97 Å². The minimum Gasteiger partial charge on any atom is -0.373 e. The van der Waals surface area contributed by atoms with E-state index in [0.717, 1.165) is 49.3 Å². The van der Waals surface area contributed by atoms with Gasteiger partial charge >= 0.3 is 0 Å². The van der Waals surface area contributed by atoms with E-state index in [1.807, 2.05) is 35.0 Å². The lowest BCUT2D eigenvalue weighted by atomic mass is 10.0. The van der Waals surface area contributed by atoms with Gasteiger partial charge in [-0.05, 0) is 31.2 Å². The molecule has 2 aliphatic heterocycles. The molecule has 4 rings (SSSR count). The van der Waals surface area contributed by atoms with E-state index in [2.05, 4.69) is 17.4 Å². The van der Waals surface area contributed by atoms with Gasteiger partial charge in [0.25, 0.3) is 0 Å². The van der Waals surface area contributed by atoms with Crippen LogP contribution >= 0.6 is 0 Å². The Balaban J connectivity index is 1.54. The van der Waals surface area contributed by atoms with E-state index >= 15 is 0 Å². The Kier molecular flexibility index (Phi) is 5.97. The summed E-state index contributed by atoms with van der Waals surface area (Å²) >= 11 is 0. The fourth-order valence-electron chi connectivity index (χ4n) is 4.45. The number of carbonyl (C=O) groups is 2. The number of nitrogens with zero attached hydrogens (tertiary/aromatic N) is 4. The Morgan fingerprint density at radius 3 is 2.70 bits per heavy atom. The summed E-state index contributed by atoms with van der Waals surface area (Å²) < 4.78 is 0. The summed E-state index contributed by atoms with van der Waals surface area (Å²) in [5.41, 5.74) is 3.15. The molecule has 2 amide bonds. The Labute approximate surface area is 177 Å². The standard InChI is InChI=1S/C23H29N5O2/c1-16(29)27-14-12-18-19(15-27)25-23(26-22(18)24-2)20-9-6-13-28(20)21(30)11-10-17-7-4-3-5-8-17/h3-5,7-8,20H,6,9-15H2,1-2H3,(H,24,25,26)/t20-/m0/s1. The number of aryl methyl sites for hydroxylation is 1. The molecule has 1 aromatic carbocycles. The number of anilines is 1. The van der Waals surface area contributed by atoms with Crippen LogP contribution in [0.25, 0.3) is 0 Å². The van der Waals surface area contributed by atoms with Crippen LogP contribution in [0, 0.1) is 0 Å². The predicted molar refractivity (Wildman–Crippen MR) is 115 cm³/mol. The predicted octanol–water partition coefficient (Wildman–Crippen LogP) is 2.72. The Morgan fingerprint density at radius 2 is 1.97 bits per heavy atom. The summed E-state index contributed by atoms with van der Waals surface area (Å²) in [6.45, 7) is 3.53. The van der Waals surface area contributed by atoms with E-state index in [1.165, 1.54) is 5.56 Å². The Bertz CT molecular complexity index is 931. The van der Waals surface area contributed by atoms with Crippen LogP contribution < -0.4 is 5.32 Å². The molecule has 7 nitrogen and oxygen atoms in total. The van der Waals surface area contributed by atoms with Crippen LogP contribution in [0.2, 0.25) is 0 Å². The van der Waals surface area contributed by atoms with Crippen LogP contribution in [-0.2, 0) is 29.0 Å². The van der Waals surface area contributed by atoms with Crippen LogP contribution in [-0.4, -0.2) is 51.7 Å². The number of carbonyl (C=O) groups excluding carboxylic acids is 2. The highest BCUT2D eigenvalue weighted by Gasteiger charge is 2.33. The van der Waals surface area contributed by atoms with Crippen molar-refractivity contribution in [3.05, 3.63) is 53.0 Å². The molecular weight excluding hydrogens is 378 g/mol. The molecule has 1 aromatic heterocycles.